The van der Waals surface area contributed by atoms with E-state index in [2.05, 4.69) is 20.9 Å². The lowest BCUT2D eigenvalue weighted by atomic mass is 10.2. The normalized spacial score (nSPS) is 10.5. The van der Waals surface area contributed by atoms with Crippen molar-refractivity contribution < 1.29 is 0 Å². The van der Waals surface area contributed by atoms with E-state index in [4.69, 9.17) is 11.6 Å². The standard InChI is InChI=1S/C11H8BrClN2O2/c12-9-5-14-11(17)15(10(9)16)6-7-2-1-3-8(13)4-7/h1-5H,6H2,(H,14,17). The Balaban J connectivity index is 2.47. The first-order valence-corrected chi connectivity index (χ1v) is 5.97. The summed E-state index contributed by atoms with van der Waals surface area (Å²) in [6, 6.07) is 7.03. The van der Waals surface area contributed by atoms with Crippen LogP contribution in [0.1, 0.15) is 5.56 Å². The molecule has 2 aromatic rings. The number of nitrogens with zero attached hydrogens (tertiary/aromatic N) is 1. The molecule has 0 atom stereocenters. The molecule has 1 aromatic carbocycles. The second kappa shape index (κ2) is 4.89. The van der Waals surface area contributed by atoms with Gasteiger partial charge in [0.2, 0.25) is 0 Å². The maximum absolute atomic E-state index is 11.7. The van der Waals surface area contributed by atoms with E-state index in [0.717, 1.165) is 10.1 Å². The Morgan fingerprint density at radius 2 is 2.12 bits per heavy atom. The molecular formula is C11H8BrClN2O2. The molecule has 88 valence electrons. The van der Waals surface area contributed by atoms with Crippen LogP contribution in [0.4, 0.5) is 0 Å². The Hall–Kier alpha value is -1.33. The minimum absolute atomic E-state index is 0.189. The summed E-state index contributed by atoms with van der Waals surface area (Å²) in [7, 11) is 0. The van der Waals surface area contributed by atoms with Gasteiger partial charge in [-0.25, -0.2) is 4.79 Å². The Kier molecular flexibility index (Phi) is 3.49. The zero-order valence-electron chi connectivity index (χ0n) is 8.61. The molecule has 0 fully saturated rings. The van der Waals surface area contributed by atoms with Gasteiger partial charge in [-0.1, -0.05) is 23.7 Å². The highest BCUT2D eigenvalue weighted by Crippen LogP contribution is 2.10. The van der Waals surface area contributed by atoms with Gasteiger partial charge in [-0.15, -0.1) is 0 Å². The zero-order chi connectivity index (χ0) is 12.4. The molecule has 0 aliphatic carbocycles. The molecule has 0 amide bonds. The molecule has 0 saturated carbocycles. The fourth-order valence-electron chi connectivity index (χ4n) is 1.45. The molecule has 4 nitrogen and oxygen atoms in total. The summed E-state index contributed by atoms with van der Waals surface area (Å²) in [6.07, 6.45) is 1.33. The van der Waals surface area contributed by atoms with Crippen molar-refractivity contribution in [3.8, 4) is 0 Å². The van der Waals surface area contributed by atoms with E-state index >= 15 is 0 Å². The third kappa shape index (κ3) is 2.68. The van der Waals surface area contributed by atoms with Crippen LogP contribution in [0.15, 0.2) is 44.5 Å². The summed E-state index contributed by atoms with van der Waals surface area (Å²) in [6.45, 7) is 0.189. The van der Waals surface area contributed by atoms with Crippen molar-refractivity contribution >= 4 is 27.5 Å². The number of halogens is 2. The molecule has 0 unspecified atom stereocenters. The molecule has 17 heavy (non-hydrogen) atoms. The summed E-state index contributed by atoms with van der Waals surface area (Å²) in [4.78, 5) is 25.7. The van der Waals surface area contributed by atoms with Crippen LogP contribution in [-0.2, 0) is 6.54 Å². The fourth-order valence-corrected chi connectivity index (χ4v) is 1.99. The number of hydrogen-bond acceptors (Lipinski definition) is 2. The van der Waals surface area contributed by atoms with Crippen LogP contribution in [-0.4, -0.2) is 9.55 Å². The highest BCUT2D eigenvalue weighted by molar-refractivity contribution is 9.10. The maximum Gasteiger partial charge on any atom is 0.328 e. The number of aromatic amines is 1. The van der Waals surface area contributed by atoms with Gasteiger partial charge in [-0.2, -0.15) is 0 Å². The molecule has 0 radical (unpaired) electrons. The first kappa shape index (κ1) is 12.1. The highest BCUT2D eigenvalue weighted by atomic mass is 79.9. The molecule has 6 heteroatoms. The second-order valence-electron chi connectivity index (χ2n) is 3.46. The van der Waals surface area contributed by atoms with Crippen LogP contribution in [0.2, 0.25) is 5.02 Å². The van der Waals surface area contributed by atoms with E-state index in [9.17, 15) is 9.59 Å². The van der Waals surface area contributed by atoms with E-state index in [1.54, 1.807) is 24.3 Å². The zero-order valence-corrected chi connectivity index (χ0v) is 11.0. The molecule has 2 rings (SSSR count). The quantitative estimate of drug-likeness (QED) is 0.921. The van der Waals surface area contributed by atoms with Gasteiger partial charge in [0.1, 0.15) is 0 Å². The smallest absolute Gasteiger partial charge is 0.313 e. The van der Waals surface area contributed by atoms with Crippen molar-refractivity contribution in [1.82, 2.24) is 9.55 Å². The number of H-pyrrole nitrogens is 1. The number of benzene rings is 1. The third-order valence-electron chi connectivity index (χ3n) is 2.25. The lowest BCUT2D eigenvalue weighted by molar-refractivity contribution is 0.694. The Bertz CT molecular complexity index is 663. The van der Waals surface area contributed by atoms with Gasteiger partial charge in [0.25, 0.3) is 5.56 Å². The van der Waals surface area contributed by atoms with E-state index in [0.29, 0.717) is 9.50 Å². The lowest BCUT2D eigenvalue weighted by Crippen LogP contribution is -2.35. The monoisotopic (exact) mass is 314 g/mol. The topological polar surface area (TPSA) is 54.9 Å². The molecule has 1 aromatic heterocycles. The molecule has 0 aliphatic rings. The highest BCUT2D eigenvalue weighted by Gasteiger charge is 2.05. The maximum atomic E-state index is 11.7. The van der Waals surface area contributed by atoms with Crippen LogP contribution >= 0.6 is 27.5 Å². The van der Waals surface area contributed by atoms with Crippen molar-refractivity contribution in [2.75, 3.05) is 0 Å². The number of nitrogens with one attached hydrogen (secondary N) is 1. The summed E-state index contributed by atoms with van der Waals surface area (Å²) < 4.78 is 1.43. The van der Waals surface area contributed by atoms with Gasteiger partial charge in [0, 0.05) is 11.2 Å². The average Bonchev–Trinajstić information content (AvgIpc) is 2.30. The van der Waals surface area contributed by atoms with Crippen LogP contribution in [0.3, 0.4) is 0 Å². The van der Waals surface area contributed by atoms with Crippen molar-refractivity contribution in [3.63, 3.8) is 0 Å². The Labute approximate surface area is 110 Å². The van der Waals surface area contributed by atoms with Gasteiger partial charge >= 0.3 is 5.69 Å². The van der Waals surface area contributed by atoms with Crippen molar-refractivity contribution in [3.05, 3.63) is 66.4 Å². The van der Waals surface area contributed by atoms with Crippen LogP contribution in [0.25, 0.3) is 0 Å². The van der Waals surface area contributed by atoms with Gasteiger partial charge in [-0.05, 0) is 33.6 Å². The van der Waals surface area contributed by atoms with E-state index in [-0.39, 0.29) is 12.1 Å². The van der Waals surface area contributed by atoms with Crippen molar-refractivity contribution in [1.29, 1.82) is 0 Å². The van der Waals surface area contributed by atoms with E-state index in [1.165, 1.54) is 6.20 Å². The Morgan fingerprint density at radius 3 is 2.82 bits per heavy atom. The number of rotatable bonds is 2. The molecule has 0 bridgehead atoms. The summed E-state index contributed by atoms with van der Waals surface area (Å²) >= 11 is 8.92. The van der Waals surface area contributed by atoms with Gasteiger partial charge < -0.3 is 4.98 Å². The van der Waals surface area contributed by atoms with Gasteiger partial charge in [-0.3, -0.25) is 9.36 Å². The molecule has 0 aliphatic heterocycles. The number of hydrogen-bond donors (Lipinski definition) is 1. The SMILES string of the molecule is O=c1[nH]cc(Br)c(=O)n1Cc1cccc(Cl)c1. The average molecular weight is 316 g/mol. The van der Waals surface area contributed by atoms with Crippen LogP contribution < -0.4 is 11.2 Å². The summed E-state index contributed by atoms with van der Waals surface area (Å²) in [5.41, 5.74) is -0.0184. The fraction of sp³-hybridized carbons (Fsp3) is 0.0909. The molecular weight excluding hydrogens is 307 g/mol. The van der Waals surface area contributed by atoms with Crippen LogP contribution in [0, 0.1) is 0 Å². The predicted molar refractivity (Wildman–Crippen MR) is 69.6 cm³/mol. The summed E-state index contributed by atoms with van der Waals surface area (Å²) in [5, 5.41) is 0.571. The van der Waals surface area contributed by atoms with Crippen LogP contribution in [0.5, 0.6) is 0 Å². The van der Waals surface area contributed by atoms with Crippen molar-refractivity contribution in [2.24, 2.45) is 0 Å². The molecule has 1 heterocycles. The third-order valence-corrected chi connectivity index (χ3v) is 3.05. The largest absolute Gasteiger partial charge is 0.328 e. The first-order chi connectivity index (χ1) is 8.08. The van der Waals surface area contributed by atoms with Gasteiger partial charge in [0.15, 0.2) is 0 Å². The lowest BCUT2D eigenvalue weighted by Gasteiger charge is -2.05. The first-order valence-electron chi connectivity index (χ1n) is 4.80. The van der Waals surface area contributed by atoms with Crippen molar-refractivity contribution in [2.45, 2.75) is 6.54 Å². The number of aromatic nitrogens is 2. The minimum atomic E-state index is -0.446. The second-order valence-corrected chi connectivity index (χ2v) is 4.75. The minimum Gasteiger partial charge on any atom is -0.313 e. The molecule has 0 saturated heterocycles. The predicted octanol–water partition coefficient (Wildman–Crippen LogP) is 2.00. The van der Waals surface area contributed by atoms with E-state index < -0.39 is 5.69 Å². The molecule has 1 N–H and O–H groups in total. The molecule has 0 spiro atoms. The Morgan fingerprint density at radius 1 is 1.35 bits per heavy atom. The van der Waals surface area contributed by atoms with Gasteiger partial charge in [0.05, 0.1) is 11.0 Å². The van der Waals surface area contributed by atoms with E-state index in [1.807, 2.05) is 0 Å². The summed E-state index contributed by atoms with van der Waals surface area (Å²) in [5.74, 6) is 0.